The highest BCUT2D eigenvalue weighted by molar-refractivity contribution is 5.77. The first-order valence-electron chi connectivity index (χ1n) is 8.53. The Hall–Kier alpha value is -2.11. The van der Waals surface area contributed by atoms with Gasteiger partial charge in [-0.25, -0.2) is 9.18 Å². The second-order valence-electron chi connectivity index (χ2n) is 6.63. The fourth-order valence-electron chi connectivity index (χ4n) is 3.31. The number of halogens is 1. The highest BCUT2D eigenvalue weighted by Crippen LogP contribution is 2.20. The van der Waals surface area contributed by atoms with Crippen molar-refractivity contribution in [3.05, 3.63) is 35.6 Å². The summed E-state index contributed by atoms with van der Waals surface area (Å²) in [5, 5.41) is 2.60. The van der Waals surface area contributed by atoms with E-state index in [4.69, 9.17) is 5.73 Å². The average Bonchev–Trinajstić information content (AvgIpc) is 2.53. The maximum atomic E-state index is 13.3. The van der Waals surface area contributed by atoms with Crippen LogP contribution >= 0.6 is 0 Å². The smallest absolute Gasteiger partial charge is 0.312 e. The van der Waals surface area contributed by atoms with E-state index in [2.05, 4.69) is 5.32 Å². The summed E-state index contributed by atoms with van der Waals surface area (Å²) in [7, 11) is 0. The molecule has 3 N–H and O–H groups in total. The Bertz CT molecular complexity index is 579. The molecular weight excluding hydrogens is 309 g/mol. The van der Waals surface area contributed by atoms with E-state index < -0.39 is 6.03 Å². The number of nitrogens with two attached hydrogens (primary N) is 1. The zero-order chi connectivity index (χ0) is 17.5. The summed E-state index contributed by atoms with van der Waals surface area (Å²) in [6.45, 7) is 3.12. The number of rotatable bonds is 6. The maximum Gasteiger partial charge on any atom is 0.312 e. The molecule has 0 radical (unpaired) electrons. The van der Waals surface area contributed by atoms with Gasteiger partial charge >= 0.3 is 6.03 Å². The van der Waals surface area contributed by atoms with E-state index in [9.17, 15) is 14.0 Å². The summed E-state index contributed by atoms with van der Waals surface area (Å²) in [4.78, 5) is 25.4. The van der Waals surface area contributed by atoms with E-state index in [1.807, 2.05) is 17.9 Å². The standard InChI is InChI=1S/C18H26FN3O2/c1-13(9-14-5-4-6-15(19)11-14)10-17(23)22-8-3-2-7-16(22)12-21-18(20)24/h4-6,11,13,16H,2-3,7-10,12H2,1H3,(H3,20,21,24)/t13-,16-/m1/s1. The van der Waals surface area contributed by atoms with Crippen molar-refractivity contribution in [2.75, 3.05) is 13.1 Å². The Balaban J connectivity index is 1.89. The summed E-state index contributed by atoms with van der Waals surface area (Å²) >= 11 is 0. The quantitative estimate of drug-likeness (QED) is 0.838. The third-order valence-corrected chi connectivity index (χ3v) is 4.46. The molecule has 1 aromatic rings. The normalized spacial score (nSPS) is 18.9. The number of likely N-dealkylation sites (tertiary alicyclic amines) is 1. The molecule has 2 atom stereocenters. The number of carbonyl (C=O) groups is 2. The van der Waals surface area contributed by atoms with Crippen molar-refractivity contribution in [3.63, 3.8) is 0 Å². The molecule has 0 unspecified atom stereocenters. The van der Waals surface area contributed by atoms with Crippen molar-refractivity contribution in [2.45, 2.75) is 45.1 Å². The summed E-state index contributed by atoms with van der Waals surface area (Å²) in [5.74, 6) is -0.0273. The van der Waals surface area contributed by atoms with Gasteiger partial charge in [0.1, 0.15) is 5.82 Å². The van der Waals surface area contributed by atoms with Crippen molar-refractivity contribution in [2.24, 2.45) is 11.7 Å². The molecule has 1 heterocycles. The van der Waals surface area contributed by atoms with Crippen molar-refractivity contribution >= 4 is 11.9 Å². The van der Waals surface area contributed by atoms with Crippen molar-refractivity contribution in [1.29, 1.82) is 0 Å². The lowest BCUT2D eigenvalue weighted by molar-refractivity contribution is -0.135. The SMILES string of the molecule is C[C@@H](CC(=O)N1CCCC[C@@H]1CNC(N)=O)Cc1cccc(F)c1. The molecule has 1 aliphatic heterocycles. The first-order valence-corrected chi connectivity index (χ1v) is 8.53. The van der Waals surface area contributed by atoms with Crippen LogP contribution in [0.15, 0.2) is 24.3 Å². The van der Waals surface area contributed by atoms with Crippen LogP contribution in [0.3, 0.4) is 0 Å². The fourth-order valence-corrected chi connectivity index (χ4v) is 3.31. The minimum absolute atomic E-state index is 0.0140. The minimum atomic E-state index is -0.563. The lowest BCUT2D eigenvalue weighted by Gasteiger charge is -2.36. The predicted molar refractivity (Wildman–Crippen MR) is 90.8 cm³/mol. The molecule has 2 rings (SSSR count). The molecule has 0 saturated carbocycles. The van der Waals surface area contributed by atoms with E-state index >= 15 is 0 Å². The van der Waals surface area contributed by atoms with Gasteiger partial charge in [0, 0.05) is 25.6 Å². The van der Waals surface area contributed by atoms with Crippen molar-refractivity contribution in [3.8, 4) is 0 Å². The number of benzene rings is 1. The molecule has 6 heteroatoms. The molecule has 0 aliphatic carbocycles. The molecular formula is C18H26FN3O2. The molecule has 1 aliphatic rings. The van der Waals surface area contributed by atoms with Crippen LogP contribution in [-0.4, -0.2) is 36.0 Å². The second-order valence-corrected chi connectivity index (χ2v) is 6.63. The zero-order valence-corrected chi connectivity index (χ0v) is 14.1. The average molecular weight is 335 g/mol. The molecule has 1 fully saturated rings. The van der Waals surface area contributed by atoms with E-state index in [0.717, 1.165) is 31.4 Å². The third kappa shape index (κ3) is 5.51. The van der Waals surface area contributed by atoms with Crippen LogP contribution in [0.1, 0.15) is 38.2 Å². The van der Waals surface area contributed by atoms with Crippen LogP contribution in [-0.2, 0) is 11.2 Å². The van der Waals surface area contributed by atoms with Gasteiger partial charge in [-0.15, -0.1) is 0 Å². The predicted octanol–water partition coefficient (Wildman–Crippen LogP) is 2.44. The number of hydrogen-bond acceptors (Lipinski definition) is 2. The molecule has 1 saturated heterocycles. The monoisotopic (exact) mass is 335 g/mol. The molecule has 132 valence electrons. The fraction of sp³-hybridized carbons (Fsp3) is 0.556. The molecule has 5 nitrogen and oxygen atoms in total. The van der Waals surface area contributed by atoms with Gasteiger partial charge in [-0.2, -0.15) is 0 Å². The third-order valence-electron chi connectivity index (χ3n) is 4.46. The van der Waals surface area contributed by atoms with Gasteiger partial charge < -0.3 is 16.0 Å². The molecule has 0 bridgehead atoms. The van der Waals surface area contributed by atoms with E-state index in [-0.39, 0.29) is 23.7 Å². The molecule has 3 amide bonds. The Morgan fingerprint density at radius 3 is 2.92 bits per heavy atom. The maximum absolute atomic E-state index is 13.3. The number of nitrogens with zero attached hydrogens (tertiary/aromatic N) is 1. The highest BCUT2D eigenvalue weighted by atomic mass is 19.1. The van der Waals surface area contributed by atoms with E-state index in [0.29, 0.717) is 19.4 Å². The van der Waals surface area contributed by atoms with Gasteiger partial charge in [-0.05, 0) is 49.3 Å². The second kappa shape index (κ2) is 8.66. The van der Waals surface area contributed by atoms with Crippen molar-refractivity contribution < 1.29 is 14.0 Å². The molecule has 0 spiro atoms. The Morgan fingerprint density at radius 2 is 2.21 bits per heavy atom. The van der Waals surface area contributed by atoms with Gasteiger partial charge in [0.15, 0.2) is 0 Å². The van der Waals surface area contributed by atoms with Gasteiger partial charge in [-0.1, -0.05) is 19.1 Å². The molecule has 0 aromatic heterocycles. The van der Waals surface area contributed by atoms with Gasteiger partial charge in [0.25, 0.3) is 0 Å². The number of carbonyl (C=O) groups excluding carboxylic acids is 2. The number of nitrogens with one attached hydrogen (secondary N) is 1. The number of amides is 3. The largest absolute Gasteiger partial charge is 0.352 e. The Morgan fingerprint density at radius 1 is 1.42 bits per heavy atom. The number of primary amides is 1. The Kier molecular flexibility index (Phi) is 6.58. The van der Waals surface area contributed by atoms with Crippen LogP contribution < -0.4 is 11.1 Å². The van der Waals surface area contributed by atoms with Crippen LogP contribution in [0.4, 0.5) is 9.18 Å². The summed E-state index contributed by atoms with van der Waals surface area (Å²) in [6, 6.07) is 5.96. The minimum Gasteiger partial charge on any atom is -0.352 e. The first kappa shape index (κ1) is 18.2. The summed E-state index contributed by atoms with van der Waals surface area (Å²) in [6.07, 6.45) is 4.00. The number of urea groups is 1. The first-order chi connectivity index (χ1) is 11.5. The van der Waals surface area contributed by atoms with Gasteiger partial charge in [0.05, 0.1) is 0 Å². The topological polar surface area (TPSA) is 75.4 Å². The van der Waals surface area contributed by atoms with Crippen LogP contribution in [0.25, 0.3) is 0 Å². The lowest BCUT2D eigenvalue weighted by Crippen LogP contribution is -2.50. The van der Waals surface area contributed by atoms with Crippen molar-refractivity contribution in [1.82, 2.24) is 10.2 Å². The lowest BCUT2D eigenvalue weighted by atomic mass is 9.95. The van der Waals surface area contributed by atoms with E-state index in [1.54, 1.807) is 6.07 Å². The van der Waals surface area contributed by atoms with Crippen LogP contribution in [0.2, 0.25) is 0 Å². The highest BCUT2D eigenvalue weighted by Gasteiger charge is 2.27. The summed E-state index contributed by atoms with van der Waals surface area (Å²) in [5.41, 5.74) is 6.03. The van der Waals surface area contributed by atoms with Gasteiger partial charge in [-0.3, -0.25) is 4.79 Å². The van der Waals surface area contributed by atoms with Crippen LogP contribution in [0, 0.1) is 11.7 Å². The number of piperidine rings is 1. The zero-order valence-electron chi connectivity index (χ0n) is 14.1. The summed E-state index contributed by atoms with van der Waals surface area (Å²) < 4.78 is 13.3. The Labute approximate surface area is 142 Å². The number of hydrogen-bond donors (Lipinski definition) is 2. The van der Waals surface area contributed by atoms with Crippen LogP contribution in [0.5, 0.6) is 0 Å². The van der Waals surface area contributed by atoms with Gasteiger partial charge in [0.2, 0.25) is 5.91 Å². The molecule has 1 aromatic carbocycles. The van der Waals surface area contributed by atoms with E-state index in [1.165, 1.54) is 12.1 Å². The molecule has 24 heavy (non-hydrogen) atoms.